The monoisotopic (exact) mass is 322 g/mol. The van der Waals surface area contributed by atoms with Crippen molar-refractivity contribution < 1.29 is 4.79 Å². The van der Waals surface area contributed by atoms with Gasteiger partial charge in [0.15, 0.2) is 0 Å². The van der Waals surface area contributed by atoms with Crippen LogP contribution < -0.4 is 5.32 Å². The van der Waals surface area contributed by atoms with Crippen LogP contribution in [0.5, 0.6) is 0 Å². The molecule has 1 aliphatic heterocycles. The Morgan fingerprint density at radius 1 is 1.12 bits per heavy atom. The Bertz CT molecular complexity index is 669. The topological polar surface area (TPSA) is 32.3 Å². The molecule has 0 bridgehead atoms. The average molecular weight is 322 g/mol. The summed E-state index contributed by atoms with van der Waals surface area (Å²) in [5, 5.41) is 3.13. The van der Waals surface area contributed by atoms with Crippen molar-refractivity contribution in [2.75, 3.05) is 13.1 Å². The fourth-order valence-corrected chi connectivity index (χ4v) is 3.42. The summed E-state index contributed by atoms with van der Waals surface area (Å²) in [6.45, 7) is 4.68. The Hall–Kier alpha value is -2.13. The predicted octanol–water partition coefficient (Wildman–Crippen LogP) is 3.32. The summed E-state index contributed by atoms with van der Waals surface area (Å²) in [6, 6.07) is 18.8. The van der Waals surface area contributed by atoms with Crippen molar-refractivity contribution >= 4 is 5.91 Å². The van der Waals surface area contributed by atoms with Gasteiger partial charge in [-0.15, -0.1) is 0 Å². The van der Waals surface area contributed by atoms with Crippen LogP contribution in [0.4, 0.5) is 0 Å². The van der Waals surface area contributed by atoms with E-state index in [1.165, 1.54) is 16.7 Å². The molecule has 3 nitrogen and oxygen atoms in total. The highest BCUT2D eigenvalue weighted by atomic mass is 16.2. The van der Waals surface area contributed by atoms with Crippen molar-refractivity contribution in [2.45, 2.75) is 38.8 Å². The Kier molecular flexibility index (Phi) is 5.65. The lowest BCUT2D eigenvalue weighted by atomic mass is 10.1. The first-order valence-electron chi connectivity index (χ1n) is 8.84. The number of nitrogens with zero attached hydrogens (tertiary/aromatic N) is 1. The summed E-state index contributed by atoms with van der Waals surface area (Å²) in [5.41, 5.74) is 3.76. The molecular formula is C21H26N2O. The van der Waals surface area contributed by atoms with Crippen LogP contribution in [0.25, 0.3) is 0 Å². The van der Waals surface area contributed by atoms with E-state index in [9.17, 15) is 4.79 Å². The van der Waals surface area contributed by atoms with E-state index < -0.39 is 0 Å². The molecule has 0 radical (unpaired) electrons. The minimum absolute atomic E-state index is 0.0257. The van der Waals surface area contributed by atoms with Gasteiger partial charge in [0.1, 0.15) is 0 Å². The lowest BCUT2D eigenvalue weighted by Gasteiger charge is -2.23. The Balaban J connectivity index is 1.52. The van der Waals surface area contributed by atoms with Gasteiger partial charge in [-0.25, -0.2) is 0 Å². The molecule has 1 heterocycles. The van der Waals surface area contributed by atoms with Crippen molar-refractivity contribution in [3.05, 3.63) is 71.3 Å². The van der Waals surface area contributed by atoms with E-state index in [2.05, 4.69) is 53.5 Å². The normalized spacial score (nSPS) is 17.8. The lowest BCUT2D eigenvalue weighted by molar-refractivity contribution is -0.125. The highest BCUT2D eigenvalue weighted by Crippen LogP contribution is 2.18. The first kappa shape index (κ1) is 16.7. The fraction of sp³-hybridized carbons (Fsp3) is 0.381. The van der Waals surface area contributed by atoms with E-state index in [1.807, 2.05) is 18.2 Å². The van der Waals surface area contributed by atoms with Gasteiger partial charge in [0.25, 0.3) is 0 Å². The molecule has 2 aromatic rings. The smallest absolute Gasteiger partial charge is 0.237 e. The zero-order chi connectivity index (χ0) is 16.8. The Morgan fingerprint density at radius 3 is 2.67 bits per heavy atom. The van der Waals surface area contributed by atoms with Crippen LogP contribution in [0.15, 0.2) is 54.6 Å². The lowest BCUT2D eigenvalue weighted by Crippen LogP contribution is -2.43. The number of carbonyl (C=O) groups is 1. The first-order valence-corrected chi connectivity index (χ1v) is 8.84. The zero-order valence-electron chi connectivity index (χ0n) is 14.4. The van der Waals surface area contributed by atoms with Crippen molar-refractivity contribution in [2.24, 2.45) is 0 Å². The van der Waals surface area contributed by atoms with Crippen molar-refractivity contribution in [3.8, 4) is 0 Å². The van der Waals surface area contributed by atoms with Crippen LogP contribution >= 0.6 is 0 Å². The van der Waals surface area contributed by atoms with Gasteiger partial charge in [0.05, 0.1) is 6.04 Å². The molecule has 0 aromatic heterocycles. The van der Waals surface area contributed by atoms with E-state index >= 15 is 0 Å². The molecule has 24 heavy (non-hydrogen) atoms. The van der Waals surface area contributed by atoms with Crippen LogP contribution in [0.1, 0.15) is 29.5 Å². The highest BCUT2D eigenvalue weighted by molar-refractivity contribution is 5.82. The third kappa shape index (κ3) is 4.24. The number of likely N-dealkylation sites (tertiary alicyclic amines) is 1. The number of rotatable bonds is 6. The van der Waals surface area contributed by atoms with E-state index in [-0.39, 0.29) is 11.9 Å². The molecule has 1 N–H and O–H groups in total. The second-order valence-corrected chi connectivity index (χ2v) is 6.57. The third-order valence-corrected chi connectivity index (χ3v) is 4.91. The second-order valence-electron chi connectivity index (χ2n) is 6.57. The van der Waals surface area contributed by atoms with Gasteiger partial charge >= 0.3 is 0 Å². The summed E-state index contributed by atoms with van der Waals surface area (Å²) in [5.74, 6) is 0.170. The van der Waals surface area contributed by atoms with Crippen LogP contribution in [0, 0.1) is 6.92 Å². The maximum atomic E-state index is 12.6. The van der Waals surface area contributed by atoms with Crippen LogP contribution in [0.3, 0.4) is 0 Å². The molecule has 2 aromatic carbocycles. The number of carbonyl (C=O) groups excluding carboxylic acids is 1. The first-order chi connectivity index (χ1) is 11.7. The molecular weight excluding hydrogens is 296 g/mol. The van der Waals surface area contributed by atoms with Crippen molar-refractivity contribution in [1.82, 2.24) is 10.2 Å². The maximum absolute atomic E-state index is 12.6. The molecule has 0 saturated carbocycles. The fourth-order valence-electron chi connectivity index (χ4n) is 3.42. The van der Waals surface area contributed by atoms with Gasteiger partial charge in [0.2, 0.25) is 5.91 Å². The molecule has 0 unspecified atom stereocenters. The number of benzene rings is 2. The van der Waals surface area contributed by atoms with Gasteiger partial charge < -0.3 is 5.32 Å². The van der Waals surface area contributed by atoms with Crippen LogP contribution in [-0.2, 0) is 17.8 Å². The van der Waals surface area contributed by atoms with Gasteiger partial charge in [0, 0.05) is 13.1 Å². The highest BCUT2D eigenvalue weighted by Gasteiger charge is 2.29. The molecule has 0 spiro atoms. The van der Waals surface area contributed by atoms with E-state index in [1.54, 1.807) is 0 Å². The van der Waals surface area contributed by atoms with Crippen molar-refractivity contribution in [3.63, 3.8) is 0 Å². The van der Waals surface area contributed by atoms with Crippen molar-refractivity contribution in [1.29, 1.82) is 0 Å². The van der Waals surface area contributed by atoms with E-state index in [0.29, 0.717) is 6.54 Å². The third-order valence-electron chi connectivity index (χ3n) is 4.91. The molecule has 1 fully saturated rings. The number of nitrogens with one attached hydrogen (secondary N) is 1. The van der Waals surface area contributed by atoms with E-state index in [4.69, 9.17) is 0 Å². The van der Waals surface area contributed by atoms with Crippen LogP contribution in [-0.4, -0.2) is 29.9 Å². The van der Waals surface area contributed by atoms with E-state index in [0.717, 1.165) is 32.4 Å². The largest absolute Gasteiger partial charge is 0.351 e. The second kappa shape index (κ2) is 8.11. The quantitative estimate of drug-likeness (QED) is 0.885. The molecule has 3 heteroatoms. The van der Waals surface area contributed by atoms with Gasteiger partial charge in [-0.05, 0) is 49.4 Å². The summed E-state index contributed by atoms with van der Waals surface area (Å²) >= 11 is 0. The average Bonchev–Trinajstić information content (AvgIpc) is 3.08. The standard InChI is InChI=1S/C21H26N2O/c1-17-8-5-6-11-19(17)16-22-21(24)20-12-7-14-23(20)15-13-18-9-3-2-4-10-18/h2-6,8-11,20H,7,12-16H2,1H3,(H,22,24)/t20-/m1/s1. The molecule has 0 aliphatic carbocycles. The summed E-state index contributed by atoms with van der Waals surface area (Å²) in [4.78, 5) is 14.9. The molecule has 126 valence electrons. The molecule has 1 aliphatic rings. The molecule has 1 atom stereocenters. The Morgan fingerprint density at radius 2 is 1.88 bits per heavy atom. The van der Waals surface area contributed by atoms with Gasteiger partial charge in [-0.2, -0.15) is 0 Å². The molecule has 1 amide bonds. The predicted molar refractivity (Wildman–Crippen MR) is 97.8 cm³/mol. The minimum Gasteiger partial charge on any atom is -0.351 e. The summed E-state index contributed by atoms with van der Waals surface area (Å²) in [6.07, 6.45) is 3.08. The number of amides is 1. The maximum Gasteiger partial charge on any atom is 0.237 e. The molecule has 1 saturated heterocycles. The van der Waals surface area contributed by atoms with Gasteiger partial charge in [-0.1, -0.05) is 54.6 Å². The molecule has 3 rings (SSSR count). The SMILES string of the molecule is Cc1ccccc1CNC(=O)[C@H]1CCCN1CCc1ccccc1. The summed E-state index contributed by atoms with van der Waals surface area (Å²) in [7, 11) is 0. The minimum atomic E-state index is 0.0257. The number of hydrogen-bond donors (Lipinski definition) is 1. The summed E-state index contributed by atoms with van der Waals surface area (Å²) < 4.78 is 0. The van der Waals surface area contributed by atoms with Gasteiger partial charge in [-0.3, -0.25) is 9.69 Å². The number of aryl methyl sites for hydroxylation is 1. The zero-order valence-corrected chi connectivity index (χ0v) is 14.4. The number of hydrogen-bond acceptors (Lipinski definition) is 2. The Labute approximate surface area is 144 Å². The van der Waals surface area contributed by atoms with Crippen LogP contribution in [0.2, 0.25) is 0 Å².